The van der Waals surface area contributed by atoms with E-state index in [2.05, 4.69) is 20.8 Å². The maximum atomic E-state index is 12.1. The molecule has 6 rings (SSSR count). The van der Waals surface area contributed by atoms with Gasteiger partial charge in [0.05, 0.1) is 16.4 Å². The van der Waals surface area contributed by atoms with E-state index in [9.17, 15) is 4.79 Å². The number of hydrogen-bond acceptors (Lipinski definition) is 7. The number of hydrogen-bond donors (Lipinski definition) is 3. The number of nitrogens with one attached hydrogen (secondary N) is 3. The summed E-state index contributed by atoms with van der Waals surface area (Å²) in [6.07, 6.45) is 6.94. The van der Waals surface area contributed by atoms with Crippen LogP contribution in [0, 0.1) is 0 Å². The Kier molecular flexibility index (Phi) is 6.05. The maximum absolute atomic E-state index is 12.1. The average Bonchev–Trinajstić information content (AvgIpc) is 3.58. The van der Waals surface area contributed by atoms with Crippen LogP contribution < -0.4 is 15.4 Å². The van der Waals surface area contributed by atoms with Gasteiger partial charge in [0, 0.05) is 29.1 Å². The van der Waals surface area contributed by atoms with Crippen molar-refractivity contribution in [2.24, 2.45) is 0 Å². The zero-order chi connectivity index (χ0) is 24.3. The van der Waals surface area contributed by atoms with E-state index in [1.165, 1.54) is 6.42 Å². The lowest BCUT2D eigenvalue weighted by molar-refractivity contribution is -0.124. The highest BCUT2D eigenvalue weighted by molar-refractivity contribution is 7.17. The van der Waals surface area contributed by atoms with Gasteiger partial charge >= 0.3 is 0 Å². The van der Waals surface area contributed by atoms with E-state index in [0.717, 1.165) is 51.3 Å². The van der Waals surface area contributed by atoms with Crippen LogP contribution in [0.3, 0.4) is 0 Å². The van der Waals surface area contributed by atoms with Crippen LogP contribution in [0.25, 0.3) is 32.7 Å². The lowest BCUT2D eigenvalue weighted by atomic mass is 9.93. The number of carbonyl (C=O) groups is 1. The Morgan fingerprint density at radius 3 is 2.72 bits per heavy atom. The Balaban J connectivity index is 1.22. The van der Waals surface area contributed by atoms with Crippen LogP contribution in [0.2, 0.25) is 0 Å². The van der Waals surface area contributed by atoms with Crippen LogP contribution >= 0.6 is 11.3 Å². The fraction of sp³-hybridized carbons (Fsp3) is 0.185. The van der Waals surface area contributed by atoms with E-state index < -0.39 is 0 Å². The van der Waals surface area contributed by atoms with Gasteiger partial charge in [0.1, 0.15) is 5.75 Å². The zero-order valence-electron chi connectivity index (χ0n) is 19.4. The normalized spacial score (nSPS) is 13.3. The monoisotopic (exact) mass is 496 g/mol. The van der Waals surface area contributed by atoms with Crippen molar-refractivity contribution in [1.29, 1.82) is 0 Å². The van der Waals surface area contributed by atoms with Crippen molar-refractivity contribution >= 4 is 39.0 Å². The van der Waals surface area contributed by atoms with Crippen molar-refractivity contribution in [3.8, 4) is 28.3 Å². The zero-order valence-corrected chi connectivity index (χ0v) is 20.2. The summed E-state index contributed by atoms with van der Waals surface area (Å²) in [6, 6.07) is 18.0. The van der Waals surface area contributed by atoms with Crippen molar-refractivity contribution in [1.82, 2.24) is 25.5 Å². The third-order valence-electron chi connectivity index (χ3n) is 6.22. The summed E-state index contributed by atoms with van der Waals surface area (Å²) < 4.78 is 6.74. The molecule has 0 radical (unpaired) electrons. The maximum Gasteiger partial charge on any atom is 0.258 e. The van der Waals surface area contributed by atoms with E-state index in [0.29, 0.717) is 17.6 Å². The summed E-state index contributed by atoms with van der Waals surface area (Å²) in [4.78, 5) is 21.7. The molecule has 3 heterocycles. The molecule has 0 aliphatic heterocycles. The Hall–Kier alpha value is -4.24. The summed E-state index contributed by atoms with van der Waals surface area (Å²) in [5, 5.41) is 15.3. The Morgan fingerprint density at radius 1 is 1.06 bits per heavy atom. The molecule has 5 aromatic rings. The first kappa shape index (κ1) is 22.2. The first-order valence-electron chi connectivity index (χ1n) is 11.9. The van der Waals surface area contributed by atoms with Crippen molar-refractivity contribution in [2.45, 2.75) is 25.3 Å². The van der Waals surface area contributed by atoms with Crippen molar-refractivity contribution in [2.75, 3.05) is 11.9 Å². The van der Waals surface area contributed by atoms with E-state index in [-0.39, 0.29) is 12.5 Å². The molecule has 0 saturated heterocycles. The molecule has 180 valence electrons. The van der Waals surface area contributed by atoms with E-state index >= 15 is 0 Å². The third kappa shape index (κ3) is 4.78. The predicted molar refractivity (Wildman–Crippen MR) is 141 cm³/mol. The lowest BCUT2D eigenvalue weighted by Gasteiger charge is -2.26. The average molecular weight is 497 g/mol. The molecule has 0 atom stereocenters. The number of carbonyl (C=O) groups excluding carboxylic acids is 1. The van der Waals surface area contributed by atoms with Crippen molar-refractivity contribution < 1.29 is 9.53 Å². The summed E-state index contributed by atoms with van der Waals surface area (Å²) >= 11 is 1.60. The van der Waals surface area contributed by atoms with Crippen LogP contribution in [0.15, 0.2) is 72.4 Å². The summed E-state index contributed by atoms with van der Waals surface area (Å²) in [5.74, 6) is 1.84. The van der Waals surface area contributed by atoms with Crippen LogP contribution in [0.1, 0.15) is 19.3 Å². The number of amides is 1. The fourth-order valence-electron chi connectivity index (χ4n) is 4.06. The molecular formula is C27H24N6O2S. The smallest absolute Gasteiger partial charge is 0.258 e. The van der Waals surface area contributed by atoms with Gasteiger partial charge in [-0.1, -0.05) is 24.3 Å². The second-order valence-corrected chi connectivity index (χ2v) is 9.65. The molecule has 2 aromatic carbocycles. The van der Waals surface area contributed by atoms with Crippen LogP contribution in [-0.4, -0.2) is 38.7 Å². The van der Waals surface area contributed by atoms with Gasteiger partial charge in [-0.05, 0) is 60.5 Å². The van der Waals surface area contributed by atoms with Crippen LogP contribution in [0.5, 0.6) is 5.75 Å². The van der Waals surface area contributed by atoms with Gasteiger partial charge in [0.25, 0.3) is 5.91 Å². The summed E-state index contributed by atoms with van der Waals surface area (Å²) in [6.45, 7) is -0.00794. The highest BCUT2D eigenvalue weighted by atomic mass is 32.1. The number of aromatic amines is 1. The summed E-state index contributed by atoms with van der Waals surface area (Å²) in [5.41, 5.74) is 4.73. The number of anilines is 2. The minimum absolute atomic E-state index is 0.00794. The van der Waals surface area contributed by atoms with Crippen LogP contribution in [-0.2, 0) is 4.79 Å². The van der Waals surface area contributed by atoms with Gasteiger partial charge in [0.15, 0.2) is 18.2 Å². The number of aromatic nitrogens is 4. The molecule has 1 aliphatic rings. The fourth-order valence-corrected chi connectivity index (χ4v) is 4.84. The Bertz CT molecular complexity index is 1490. The summed E-state index contributed by atoms with van der Waals surface area (Å²) in [7, 11) is 0. The predicted octanol–water partition coefficient (Wildman–Crippen LogP) is 5.54. The SMILES string of the molecule is O=C(COc1cccc(-c2nc(Nc3ccc(-c4cn[nH]c4)cc3)c3sccc3n2)c1)NC1CCC1. The van der Waals surface area contributed by atoms with Gasteiger partial charge in [-0.2, -0.15) is 5.10 Å². The first-order valence-corrected chi connectivity index (χ1v) is 12.7. The molecule has 0 spiro atoms. The molecule has 1 fully saturated rings. The first-order chi connectivity index (χ1) is 17.7. The number of rotatable bonds is 8. The number of nitrogens with zero attached hydrogens (tertiary/aromatic N) is 3. The topological polar surface area (TPSA) is 105 Å². The number of H-pyrrole nitrogens is 1. The molecule has 8 nitrogen and oxygen atoms in total. The second-order valence-electron chi connectivity index (χ2n) is 8.73. The number of benzene rings is 2. The van der Waals surface area contributed by atoms with E-state index in [1.54, 1.807) is 17.5 Å². The highest BCUT2D eigenvalue weighted by Gasteiger charge is 2.19. The molecule has 0 unspecified atom stereocenters. The third-order valence-corrected chi connectivity index (χ3v) is 7.13. The number of ether oxygens (including phenoxy) is 1. The number of fused-ring (bicyclic) bond motifs is 1. The molecule has 36 heavy (non-hydrogen) atoms. The minimum atomic E-state index is -0.0914. The number of thiophene rings is 1. The van der Waals surface area contributed by atoms with Crippen molar-refractivity contribution in [3.63, 3.8) is 0 Å². The molecule has 1 aliphatic carbocycles. The Morgan fingerprint density at radius 2 is 1.94 bits per heavy atom. The molecule has 3 aromatic heterocycles. The van der Waals surface area contributed by atoms with Gasteiger partial charge in [0.2, 0.25) is 0 Å². The molecule has 1 saturated carbocycles. The quantitative estimate of drug-likeness (QED) is 0.261. The van der Waals surface area contributed by atoms with Crippen LogP contribution in [0.4, 0.5) is 11.5 Å². The molecule has 9 heteroatoms. The molecule has 1 amide bonds. The molecular weight excluding hydrogens is 472 g/mol. The van der Waals surface area contributed by atoms with E-state index in [1.807, 2.05) is 66.2 Å². The van der Waals surface area contributed by atoms with Gasteiger partial charge in [-0.25, -0.2) is 9.97 Å². The lowest BCUT2D eigenvalue weighted by Crippen LogP contribution is -2.41. The standard InChI is InChI=1S/C27H24N6O2S/c34-24(30-20-4-2-5-20)16-35-22-6-1-3-18(13-22)26-32-23-11-12-36-25(23)27(33-26)31-21-9-7-17(8-10-21)19-14-28-29-15-19/h1,3,6-15,20H,2,4-5,16H2,(H,28,29)(H,30,34)(H,31,32,33). The highest BCUT2D eigenvalue weighted by Crippen LogP contribution is 2.32. The Labute approximate surface area is 211 Å². The largest absolute Gasteiger partial charge is 0.484 e. The van der Waals surface area contributed by atoms with E-state index in [4.69, 9.17) is 14.7 Å². The molecule has 3 N–H and O–H groups in total. The van der Waals surface area contributed by atoms with Gasteiger partial charge < -0.3 is 15.4 Å². The van der Waals surface area contributed by atoms with Gasteiger partial charge in [-0.3, -0.25) is 9.89 Å². The minimum Gasteiger partial charge on any atom is -0.484 e. The van der Waals surface area contributed by atoms with Gasteiger partial charge in [-0.15, -0.1) is 11.3 Å². The second kappa shape index (κ2) is 9.79. The van der Waals surface area contributed by atoms with Crippen molar-refractivity contribution in [3.05, 3.63) is 72.4 Å². The molecule has 0 bridgehead atoms.